The topological polar surface area (TPSA) is 38.8 Å². The number of unbranched alkanes of at least 4 members (excludes halogenated alkanes) is 1. The van der Waals surface area contributed by atoms with Gasteiger partial charge in [-0.3, -0.25) is 4.79 Å². The van der Waals surface area contributed by atoms with E-state index in [9.17, 15) is 4.79 Å². The van der Waals surface area contributed by atoms with Gasteiger partial charge in [0.15, 0.2) is 0 Å². The quantitative estimate of drug-likeness (QED) is 0.333. The maximum Gasteiger partial charge on any atom is 0.305 e. The molecule has 1 heterocycles. The van der Waals surface area contributed by atoms with Crippen LogP contribution >= 0.6 is 23.5 Å². The van der Waals surface area contributed by atoms with Crippen molar-refractivity contribution in [3.63, 3.8) is 0 Å². The molecule has 0 radical (unpaired) electrons. The highest BCUT2D eigenvalue weighted by atomic mass is 32.2. The third-order valence-corrected chi connectivity index (χ3v) is 4.49. The molecular formula is C13H24O3S2. The highest BCUT2D eigenvalue weighted by Crippen LogP contribution is 2.18. The third-order valence-electron chi connectivity index (χ3n) is 2.88. The standard InChI is InChI=1S/C13H24O3S2/c1-17-9-11(10-18-2)5-3-4-6-13(14)16-8-12-7-15-12/h11-12H,3-10H2,1-2H3. The van der Waals surface area contributed by atoms with Crippen LogP contribution in [0.25, 0.3) is 0 Å². The molecule has 0 spiro atoms. The molecule has 1 aliphatic rings. The number of ether oxygens (including phenoxy) is 2. The summed E-state index contributed by atoms with van der Waals surface area (Å²) in [6.45, 7) is 1.19. The molecule has 5 heteroatoms. The molecule has 0 aromatic rings. The molecule has 0 amide bonds. The van der Waals surface area contributed by atoms with Gasteiger partial charge in [-0.1, -0.05) is 6.42 Å². The number of esters is 1. The van der Waals surface area contributed by atoms with Gasteiger partial charge in [0.1, 0.15) is 12.7 Å². The smallest absolute Gasteiger partial charge is 0.305 e. The largest absolute Gasteiger partial charge is 0.463 e. The van der Waals surface area contributed by atoms with Gasteiger partial charge >= 0.3 is 5.97 Å². The Balaban J connectivity index is 1.95. The lowest BCUT2D eigenvalue weighted by molar-refractivity contribution is -0.144. The molecule has 1 saturated heterocycles. The normalized spacial score (nSPS) is 18.1. The molecule has 0 aromatic carbocycles. The highest BCUT2D eigenvalue weighted by molar-refractivity contribution is 7.99. The van der Waals surface area contributed by atoms with Crippen molar-refractivity contribution < 1.29 is 14.3 Å². The minimum atomic E-state index is -0.0724. The van der Waals surface area contributed by atoms with Crippen LogP contribution in [0.1, 0.15) is 25.7 Å². The summed E-state index contributed by atoms with van der Waals surface area (Å²) in [4.78, 5) is 11.4. The summed E-state index contributed by atoms with van der Waals surface area (Å²) in [6.07, 6.45) is 8.35. The SMILES string of the molecule is CSCC(CCCCC(=O)OCC1CO1)CSC. The maximum absolute atomic E-state index is 11.4. The van der Waals surface area contributed by atoms with Crippen LogP contribution in [-0.4, -0.2) is 49.3 Å². The fraction of sp³-hybridized carbons (Fsp3) is 0.923. The van der Waals surface area contributed by atoms with Crippen LogP contribution < -0.4 is 0 Å². The molecular weight excluding hydrogens is 268 g/mol. The van der Waals surface area contributed by atoms with Crippen LogP contribution in [0, 0.1) is 5.92 Å². The van der Waals surface area contributed by atoms with Crippen molar-refractivity contribution in [3.8, 4) is 0 Å². The average molecular weight is 292 g/mol. The van der Waals surface area contributed by atoms with E-state index < -0.39 is 0 Å². The van der Waals surface area contributed by atoms with E-state index in [0.29, 0.717) is 13.0 Å². The number of carbonyl (C=O) groups is 1. The summed E-state index contributed by atoms with van der Waals surface area (Å²) >= 11 is 3.83. The lowest BCUT2D eigenvalue weighted by atomic mass is 10.1. The van der Waals surface area contributed by atoms with Crippen molar-refractivity contribution in [1.29, 1.82) is 0 Å². The van der Waals surface area contributed by atoms with E-state index in [1.165, 1.54) is 17.9 Å². The van der Waals surface area contributed by atoms with Gasteiger partial charge in [0.05, 0.1) is 6.61 Å². The Bertz CT molecular complexity index is 226. The Kier molecular flexibility index (Phi) is 8.98. The van der Waals surface area contributed by atoms with E-state index in [0.717, 1.165) is 25.4 Å². The Hall–Kier alpha value is 0.130. The van der Waals surface area contributed by atoms with Crippen molar-refractivity contribution in [3.05, 3.63) is 0 Å². The first kappa shape index (κ1) is 16.2. The first-order chi connectivity index (χ1) is 8.76. The number of hydrogen-bond donors (Lipinski definition) is 0. The fourth-order valence-electron chi connectivity index (χ4n) is 1.81. The second kappa shape index (κ2) is 9.98. The fourth-order valence-corrected chi connectivity index (χ4v) is 3.47. The minimum absolute atomic E-state index is 0.0724. The third kappa shape index (κ3) is 8.27. The molecule has 0 aliphatic carbocycles. The average Bonchev–Trinajstić information content (AvgIpc) is 3.16. The summed E-state index contributed by atoms with van der Waals surface area (Å²) < 4.78 is 10.1. The second-order valence-corrected chi connectivity index (χ2v) is 6.48. The molecule has 18 heavy (non-hydrogen) atoms. The Labute approximate surface area is 119 Å². The predicted octanol–water partition coefficient (Wildman–Crippen LogP) is 2.83. The molecule has 0 bridgehead atoms. The monoisotopic (exact) mass is 292 g/mol. The van der Waals surface area contributed by atoms with Gasteiger partial charge in [-0.2, -0.15) is 23.5 Å². The molecule has 1 rings (SSSR count). The van der Waals surface area contributed by atoms with Crippen LogP contribution in [0.4, 0.5) is 0 Å². The van der Waals surface area contributed by atoms with Crippen molar-refractivity contribution in [2.45, 2.75) is 31.8 Å². The second-order valence-electron chi connectivity index (χ2n) is 4.66. The van der Waals surface area contributed by atoms with Crippen molar-refractivity contribution in [2.75, 3.05) is 37.2 Å². The van der Waals surface area contributed by atoms with Crippen LogP contribution in [0.2, 0.25) is 0 Å². The maximum atomic E-state index is 11.4. The predicted molar refractivity (Wildman–Crippen MR) is 79.4 cm³/mol. The number of rotatable bonds is 11. The molecule has 1 unspecified atom stereocenters. The van der Waals surface area contributed by atoms with Crippen LogP contribution in [0.5, 0.6) is 0 Å². The number of epoxide rings is 1. The molecule has 0 aromatic heterocycles. The Morgan fingerprint density at radius 2 is 2.00 bits per heavy atom. The summed E-state index contributed by atoms with van der Waals surface area (Å²) in [7, 11) is 0. The van der Waals surface area contributed by atoms with E-state index in [4.69, 9.17) is 9.47 Å². The summed E-state index contributed by atoms with van der Waals surface area (Å²) in [5, 5.41) is 0. The van der Waals surface area contributed by atoms with Crippen molar-refractivity contribution >= 4 is 29.5 Å². The summed E-state index contributed by atoms with van der Waals surface area (Å²) in [5.74, 6) is 3.16. The van der Waals surface area contributed by atoms with E-state index >= 15 is 0 Å². The number of hydrogen-bond acceptors (Lipinski definition) is 5. The van der Waals surface area contributed by atoms with Crippen molar-refractivity contribution in [2.24, 2.45) is 5.92 Å². The zero-order valence-electron chi connectivity index (χ0n) is 11.4. The molecule has 0 N–H and O–H groups in total. The molecule has 1 atom stereocenters. The molecule has 1 fully saturated rings. The summed E-state index contributed by atoms with van der Waals surface area (Å²) in [5.41, 5.74) is 0. The van der Waals surface area contributed by atoms with E-state index in [-0.39, 0.29) is 12.1 Å². The lowest BCUT2D eigenvalue weighted by Crippen LogP contribution is -2.10. The van der Waals surface area contributed by atoms with Gasteiger partial charge in [-0.25, -0.2) is 0 Å². The van der Waals surface area contributed by atoms with Crippen LogP contribution in [0.15, 0.2) is 0 Å². The van der Waals surface area contributed by atoms with Gasteiger partial charge in [0.2, 0.25) is 0 Å². The molecule has 106 valence electrons. The minimum Gasteiger partial charge on any atom is -0.463 e. The van der Waals surface area contributed by atoms with Gasteiger partial charge in [-0.05, 0) is 42.8 Å². The van der Waals surface area contributed by atoms with Gasteiger partial charge in [0.25, 0.3) is 0 Å². The number of thioether (sulfide) groups is 2. The first-order valence-corrected chi connectivity index (χ1v) is 9.30. The van der Waals surface area contributed by atoms with E-state index in [1.54, 1.807) is 0 Å². The highest BCUT2D eigenvalue weighted by Gasteiger charge is 2.23. The Morgan fingerprint density at radius 3 is 2.56 bits per heavy atom. The van der Waals surface area contributed by atoms with Gasteiger partial charge in [0, 0.05) is 6.42 Å². The number of carbonyl (C=O) groups excluding carboxylic acids is 1. The van der Waals surface area contributed by atoms with Gasteiger partial charge in [-0.15, -0.1) is 0 Å². The zero-order chi connectivity index (χ0) is 13.2. The van der Waals surface area contributed by atoms with E-state index in [1.807, 2.05) is 23.5 Å². The molecule has 0 saturated carbocycles. The van der Waals surface area contributed by atoms with Crippen LogP contribution in [-0.2, 0) is 14.3 Å². The van der Waals surface area contributed by atoms with E-state index in [2.05, 4.69) is 12.5 Å². The molecule has 1 aliphatic heterocycles. The Morgan fingerprint density at radius 1 is 1.33 bits per heavy atom. The van der Waals surface area contributed by atoms with Crippen LogP contribution in [0.3, 0.4) is 0 Å². The first-order valence-electron chi connectivity index (χ1n) is 6.51. The van der Waals surface area contributed by atoms with Crippen molar-refractivity contribution in [1.82, 2.24) is 0 Å². The lowest BCUT2D eigenvalue weighted by Gasteiger charge is -2.13. The zero-order valence-corrected chi connectivity index (χ0v) is 13.0. The molecule has 3 nitrogen and oxygen atoms in total. The van der Waals surface area contributed by atoms with Gasteiger partial charge < -0.3 is 9.47 Å². The summed E-state index contributed by atoms with van der Waals surface area (Å²) in [6, 6.07) is 0.